The molecule has 0 fully saturated rings. The van der Waals surface area contributed by atoms with Crippen LogP contribution in [0.1, 0.15) is 23.1 Å². The summed E-state index contributed by atoms with van der Waals surface area (Å²) < 4.78 is 7.65. The third-order valence-electron chi connectivity index (χ3n) is 6.16. The maximum atomic E-state index is 12.1. The van der Waals surface area contributed by atoms with Gasteiger partial charge in [0.15, 0.2) is 6.20 Å². The molecule has 0 aliphatic carbocycles. The largest absolute Gasteiger partial charge is 0.480 e. The molecule has 5 nitrogen and oxygen atoms in total. The highest BCUT2D eigenvalue weighted by atomic mass is 35.5. The number of benzene rings is 3. The monoisotopic (exact) mass is 489 g/mol. The first kappa shape index (κ1) is 22.2. The van der Waals surface area contributed by atoms with Crippen molar-refractivity contribution in [3.8, 4) is 6.07 Å². The molecule has 0 radical (unpaired) electrons. The molecule has 3 atom stereocenters. The molecule has 2 heterocycles. The lowest BCUT2D eigenvalue weighted by Crippen LogP contribution is -2.57. The lowest BCUT2D eigenvalue weighted by atomic mass is 9.77. The summed E-state index contributed by atoms with van der Waals surface area (Å²) in [6, 6.07) is 26.6. The molecule has 0 unspecified atom stereocenters. The van der Waals surface area contributed by atoms with E-state index < -0.39 is 23.7 Å². The van der Waals surface area contributed by atoms with Crippen LogP contribution in [0.2, 0.25) is 10.0 Å². The molecular weight excluding hydrogens is 471 g/mol. The van der Waals surface area contributed by atoms with E-state index in [0.29, 0.717) is 21.2 Å². The molecule has 168 valence electrons. The van der Waals surface area contributed by atoms with Gasteiger partial charge in [0, 0.05) is 23.1 Å². The summed E-state index contributed by atoms with van der Waals surface area (Å²) in [6.07, 6.45) is 1.83. The van der Waals surface area contributed by atoms with Crippen molar-refractivity contribution in [2.75, 3.05) is 0 Å². The summed E-state index contributed by atoms with van der Waals surface area (Å²) in [6.45, 7) is 0. The van der Waals surface area contributed by atoms with E-state index in [1.165, 1.54) is 0 Å². The molecule has 1 aliphatic heterocycles. The fourth-order valence-electron chi connectivity index (χ4n) is 4.63. The summed E-state index contributed by atoms with van der Waals surface area (Å²) in [5, 5.41) is 34.6. The Morgan fingerprint density at radius 1 is 0.912 bits per heavy atom. The van der Waals surface area contributed by atoms with E-state index >= 15 is 0 Å². The van der Waals surface area contributed by atoms with Crippen molar-refractivity contribution < 1.29 is 19.5 Å². The number of aliphatic hydroxyl groups is 2. The predicted octanol–water partition coefficient (Wildman–Crippen LogP) is 5.93. The van der Waals surface area contributed by atoms with Crippen molar-refractivity contribution in [3.63, 3.8) is 0 Å². The molecule has 1 aromatic heterocycles. The Labute approximate surface area is 206 Å². The van der Waals surface area contributed by atoms with Gasteiger partial charge in [0.25, 0.3) is 5.95 Å². The number of hydrogen-bond donors (Lipinski definition) is 2. The summed E-state index contributed by atoms with van der Waals surface area (Å²) in [5.74, 6) is -3.46. The second-order valence-electron chi connectivity index (χ2n) is 8.07. The van der Waals surface area contributed by atoms with Crippen molar-refractivity contribution in [1.29, 1.82) is 5.26 Å². The lowest BCUT2D eigenvalue weighted by Gasteiger charge is -2.40. The molecule has 0 saturated heterocycles. The van der Waals surface area contributed by atoms with Crippen LogP contribution < -0.4 is 4.57 Å². The number of ether oxygens (including phenoxy) is 1. The number of allylic oxidation sites excluding steroid dienone is 1. The summed E-state index contributed by atoms with van der Waals surface area (Å²) in [7, 11) is 0. The van der Waals surface area contributed by atoms with Crippen LogP contribution in [0.5, 0.6) is 0 Å². The molecule has 7 heteroatoms. The van der Waals surface area contributed by atoms with Gasteiger partial charge in [0.05, 0.1) is 16.0 Å². The average Bonchev–Trinajstić information content (AvgIpc) is 2.86. The zero-order chi connectivity index (χ0) is 23.9. The summed E-state index contributed by atoms with van der Waals surface area (Å²) in [5.41, 5.74) is 1.82. The predicted molar refractivity (Wildman–Crippen MR) is 129 cm³/mol. The number of hydrogen-bond acceptors (Lipinski definition) is 4. The fraction of sp³-hybridized carbons (Fsp3) is 0.111. The van der Waals surface area contributed by atoms with Crippen LogP contribution >= 0.6 is 23.2 Å². The molecule has 0 spiro atoms. The first-order valence-electron chi connectivity index (χ1n) is 10.6. The Morgan fingerprint density at radius 3 is 2.35 bits per heavy atom. The third kappa shape index (κ3) is 3.57. The van der Waals surface area contributed by atoms with Crippen LogP contribution in [0.4, 0.5) is 0 Å². The van der Waals surface area contributed by atoms with Gasteiger partial charge < -0.3 is 14.9 Å². The highest BCUT2D eigenvalue weighted by Gasteiger charge is 2.58. The van der Waals surface area contributed by atoms with Gasteiger partial charge in [-0.25, -0.2) is 0 Å². The topological polar surface area (TPSA) is 77.4 Å². The van der Waals surface area contributed by atoms with Gasteiger partial charge in [0.2, 0.25) is 11.6 Å². The molecule has 1 aliphatic rings. The number of rotatable bonds is 3. The van der Waals surface area contributed by atoms with E-state index in [1.807, 2.05) is 53.2 Å². The second kappa shape index (κ2) is 8.66. The summed E-state index contributed by atoms with van der Waals surface area (Å²) in [4.78, 5) is 0. The smallest absolute Gasteiger partial charge is 0.301 e. The van der Waals surface area contributed by atoms with Gasteiger partial charge in [-0.3, -0.25) is 0 Å². The van der Waals surface area contributed by atoms with E-state index in [0.717, 1.165) is 10.9 Å². The Hall–Kier alpha value is -3.56. The van der Waals surface area contributed by atoms with Crippen LogP contribution in [0.15, 0.2) is 103 Å². The minimum atomic E-state index is -2.02. The van der Waals surface area contributed by atoms with Gasteiger partial charge in [0.1, 0.15) is 11.6 Å². The fourth-order valence-corrected chi connectivity index (χ4v) is 4.94. The Balaban J connectivity index is 1.87. The Bertz CT molecular complexity index is 1460. The van der Waals surface area contributed by atoms with Gasteiger partial charge in [-0.05, 0) is 29.8 Å². The van der Waals surface area contributed by atoms with Crippen molar-refractivity contribution in [3.05, 3.63) is 124 Å². The lowest BCUT2D eigenvalue weighted by molar-refractivity contribution is -0.731. The third-order valence-corrected chi connectivity index (χ3v) is 6.90. The molecule has 34 heavy (non-hydrogen) atoms. The van der Waals surface area contributed by atoms with E-state index in [9.17, 15) is 15.5 Å². The van der Waals surface area contributed by atoms with Gasteiger partial charge in [-0.1, -0.05) is 71.7 Å². The number of aromatic nitrogens is 1. The van der Waals surface area contributed by atoms with Crippen LogP contribution in [-0.4, -0.2) is 10.2 Å². The number of para-hydroxylation sites is 1. The minimum absolute atomic E-state index is 0.0237. The number of nitrogens with zero attached hydrogens (tertiary/aromatic N) is 2. The van der Waals surface area contributed by atoms with Gasteiger partial charge in [-0.2, -0.15) is 9.83 Å². The van der Waals surface area contributed by atoms with Gasteiger partial charge in [-0.15, -0.1) is 0 Å². The maximum Gasteiger partial charge on any atom is 0.301 e. The highest BCUT2D eigenvalue weighted by Crippen LogP contribution is 2.50. The number of nitriles is 1. The van der Waals surface area contributed by atoms with Crippen LogP contribution in [0.25, 0.3) is 10.9 Å². The zero-order valence-electron chi connectivity index (χ0n) is 17.8. The number of pyridine rings is 1. The average molecular weight is 490 g/mol. The number of aliphatic hydroxyl groups excluding tert-OH is 1. The zero-order valence-corrected chi connectivity index (χ0v) is 19.3. The molecule has 3 aromatic carbocycles. The quantitative estimate of drug-likeness (QED) is 0.349. The SMILES string of the molecule is N#CC1=C(O)O[C@@](O)(c2ccccc2)[C@H]([n+]2cccc3ccccc32)[C@H]1c1ccc(Cl)c(Cl)c1. The van der Waals surface area contributed by atoms with Crippen molar-refractivity contribution in [2.24, 2.45) is 0 Å². The van der Waals surface area contributed by atoms with Crippen molar-refractivity contribution in [2.45, 2.75) is 17.7 Å². The molecule has 0 saturated carbocycles. The number of fused-ring (bicyclic) bond motifs is 1. The highest BCUT2D eigenvalue weighted by molar-refractivity contribution is 6.42. The first-order valence-corrected chi connectivity index (χ1v) is 11.3. The molecule has 0 bridgehead atoms. The van der Waals surface area contributed by atoms with Crippen molar-refractivity contribution in [1.82, 2.24) is 0 Å². The van der Waals surface area contributed by atoms with E-state index in [-0.39, 0.29) is 5.57 Å². The van der Waals surface area contributed by atoms with E-state index in [1.54, 1.807) is 42.5 Å². The molecular formula is C27H19Cl2N2O3+. The Kier molecular flexibility index (Phi) is 5.66. The van der Waals surface area contributed by atoms with Crippen LogP contribution in [0, 0.1) is 11.3 Å². The van der Waals surface area contributed by atoms with Gasteiger partial charge >= 0.3 is 5.79 Å². The maximum absolute atomic E-state index is 12.1. The van der Waals surface area contributed by atoms with Crippen LogP contribution in [-0.2, 0) is 10.5 Å². The van der Waals surface area contributed by atoms with Crippen LogP contribution in [0.3, 0.4) is 0 Å². The first-order chi connectivity index (χ1) is 16.4. The Morgan fingerprint density at radius 2 is 1.62 bits per heavy atom. The molecule has 5 rings (SSSR count). The molecule has 0 amide bonds. The van der Waals surface area contributed by atoms with E-state index in [4.69, 9.17) is 27.9 Å². The minimum Gasteiger partial charge on any atom is -0.480 e. The molecule has 4 aromatic rings. The second-order valence-corrected chi connectivity index (χ2v) is 8.88. The normalized spacial score (nSPS) is 22.3. The summed E-state index contributed by atoms with van der Waals surface area (Å²) >= 11 is 12.5. The van der Waals surface area contributed by atoms with Crippen molar-refractivity contribution >= 4 is 34.1 Å². The molecule has 2 N–H and O–H groups in total. The van der Waals surface area contributed by atoms with E-state index in [2.05, 4.69) is 6.07 Å². The standard InChI is InChI=1S/C27H18Cl2N2O3/c28-21-13-12-18(15-22(21)29)24-20(16-30)26(32)34-27(33,19-9-2-1-3-10-19)25(24)31-14-6-8-17-7-4-5-11-23(17)31/h1-15,24-25,33H/p+1/t24-,25+,27-/m0/s1. The number of halogens is 2.